The average molecular weight is 319 g/mol. The van der Waals surface area contributed by atoms with Crippen LogP contribution in [0.5, 0.6) is 0 Å². The third-order valence-corrected chi connectivity index (χ3v) is 3.67. The van der Waals surface area contributed by atoms with E-state index in [9.17, 15) is 29.3 Å². The number of fused-ring (bicyclic) bond motifs is 2. The number of aromatic nitrogens is 2. The first kappa shape index (κ1) is 14.6. The molecule has 0 N–H and O–H groups in total. The smallest absolute Gasteiger partial charge is 0.292 e. The lowest BCUT2D eigenvalue weighted by Gasteiger charge is -1.96. The number of nitrogens with zero attached hydrogens (tertiary/aromatic N) is 3. The Hall–Kier alpha value is -3.30. The molecule has 3 rings (SSSR count). The molecule has 0 spiro atoms. The van der Waals surface area contributed by atoms with E-state index in [0.717, 1.165) is 4.57 Å². The highest BCUT2D eigenvalue weighted by Gasteiger charge is 2.19. The molecule has 0 bridgehead atoms. The Kier molecular flexibility index (Phi) is 3.09. The van der Waals surface area contributed by atoms with Gasteiger partial charge in [0.1, 0.15) is 0 Å². The van der Waals surface area contributed by atoms with Gasteiger partial charge in [-0.25, -0.2) is 4.57 Å². The number of benzene rings is 1. The summed E-state index contributed by atoms with van der Waals surface area (Å²) >= 11 is 0. The molecule has 23 heavy (non-hydrogen) atoms. The van der Waals surface area contributed by atoms with Crippen molar-refractivity contribution in [3.8, 4) is 0 Å². The summed E-state index contributed by atoms with van der Waals surface area (Å²) in [6.07, 6.45) is 0. The van der Waals surface area contributed by atoms with Crippen LogP contribution in [0.4, 0.5) is 0 Å². The van der Waals surface area contributed by atoms with Crippen molar-refractivity contribution in [2.45, 2.75) is 20.2 Å². The first-order valence-electron chi connectivity index (χ1n) is 6.54. The van der Waals surface area contributed by atoms with Crippen LogP contribution in [0.2, 0.25) is 0 Å². The van der Waals surface area contributed by atoms with Crippen LogP contribution in [0.15, 0.2) is 31.3 Å². The van der Waals surface area contributed by atoms with E-state index in [2.05, 4.69) is 4.84 Å². The summed E-state index contributed by atoms with van der Waals surface area (Å²) in [5, 5.41) is 8.98. The molecule has 1 aromatic carbocycles. The van der Waals surface area contributed by atoms with Crippen LogP contribution < -0.4 is 22.2 Å². The Morgan fingerprint density at radius 2 is 1.30 bits per heavy atom. The van der Waals surface area contributed by atoms with Crippen molar-refractivity contribution >= 4 is 21.5 Å². The molecule has 10 nitrogen and oxygen atoms in total. The van der Waals surface area contributed by atoms with Gasteiger partial charge in [0.25, 0.3) is 27.3 Å². The van der Waals surface area contributed by atoms with Gasteiger partial charge in [0, 0.05) is 6.54 Å². The zero-order valence-corrected chi connectivity index (χ0v) is 11.8. The topological polar surface area (TPSA) is 131 Å². The van der Waals surface area contributed by atoms with Crippen molar-refractivity contribution in [2.75, 3.05) is 0 Å². The number of hydrogen-bond donors (Lipinski definition) is 0. The highest BCUT2D eigenvalue weighted by Crippen LogP contribution is 2.14. The molecule has 0 atom stereocenters. The third kappa shape index (κ3) is 1.95. The predicted octanol–water partition coefficient (Wildman–Crippen LogP) is -0.902. The van der Waals surface area contributed by atoms with Crippen molar-refractivity contribution in [2.24, 2.45) is 0 Å². The summed E-state index contributed by atoms with van der Waals surface area (Å²) < 4.78 is 1.54. The van der Waals surface area contributed by atoms with Crippen LogP contribution in [0.3, 0.4) is 0 Å². The average Bonchev–Trinajstić information content (AvgIpc) is 2.89. The summed E-state index contributed by atoms with van der Waals surface area (Å²) in [5.74, 6) is 0. The van der Waals surface area contributed by atoms with Crippen molar-refractivity contribution in [1.29, 1.82) is 0 Å². The van der Waals surface area contributed by atoms with E-state index >= 15 is 0 Å². The standard InChI is InChI=1S/C13H9N3O7/c1-2-14-10(17)6-3-8-9(4-7(6)11(14)18)13(20)15(12(8)19)5-23-16(21)22/h3-4H,2,5H2,1H3. The summed E-state index contributed by atoms with van der Waals surface area (Å²) in [4.78, 5) is 62.8. The van der Waals surface area contributed by atoms with Gasteiger partial charge in [-0.1, -0.05) is 0 Å². The van der Waals surface area contributed by atoms with Crippen LogP contribution >= 0.6 is 0 Å². The normalized spacial score (nSPS) is 11.3. The van der Waals surface area contributed by atoms with Gasteiger partial charge in [0.2, 0.25) is 0 Å². The van der Waals surface area contributed by atoms with Crippen LogP contribution in [0.25, 0.3) is 21.5 Å². The molecule has 3 aromatic rings. The van der Waals surface area contributed by atoms with Crippen molar-refractivity contribution < 1.29 is 9.92 Å². The Morgan fingerprint density at radius 3 is 1.65 bits per heavy atom. The van der Waals surface area contributed by atoms with Gasteiger partial charge in [0.15, 0.2) is 6.73 Å². The second-order valence-electron chi connectivity index (χ2n) is 4.82. The number of hydrogen-bond acceptors (Lipinski definition) is 7. The highest BCUT2D eigenvalue weighted by molar-refractivity contribution is 5.97. The molecular weight excluding hydrogens is 310 g/mol. The molecule has 0 saturated carbocycles. The summed E-state index contributed by atoms with van der Waals surface area (Å²) in [7, 11) is 0. The van der Waals surface area contributed by atoms with E-state index in [4.69, 9.17) is 0 Å². The zero-order chi connectivity index (χ0) is 16.9. The third-order valence-electron chi connectivity index (χ3n) is 3.67. The molecule has 118 valence electrons. The molecule has 0 unspecified atom stereocenters. The van der Waals surface area contributed by atoms with Gasteiger partial charge in [-0.2, -0.15) is 0 Å². The molecule has 0 radical (unpaired) electrons. The van der Waals surface area contributed by atoms with Gasteiger partial charge in [0.05, 0.1) is 21.5 Å². The summed E-state index contributed by atoms with van der Waals surface area (Å²) in [5.41, 5.74) is -2.72. The lowest BCUT2D eigenvalue weighted by atomic mass is 10.1. The Labute approximate surface area is 125 Å². The van der Waals surface area contributed by atoms with Gasteiger partial charge in [-0.15, -0.1) is 10.1 Å². The Balaban J connectivity index is 2.38. The van der Waals surface area contributed by atoms with Gasteiger partial charge < -0.3 is 0 Å². The Morgan fingerprint density at radius 1 is 0.913 bits per heavy atom. The molecule has 0 amide bonds. The van der Waals surface area contributed by atoms with E-state index in [1.807, 2.05) is 0 Å². The Bertz CT molecular complexity index is 1080. The minimum Gasteiger partial charge on any atom is -0.292 e. The maximum absolute atomic E-state index is 12.2. The summed E-state index contributed by atoms with van der Waals surface area (Å²) in [6, 6.07) is 2.35. The molecule has 10 heteroatoms. The predicted molar refractivity (Wildman–Crippen MR) is 78.6 cm³/mol. The molecule has 0 aliphatic carbocycles. The molecule has 0 saturated heterocycles. The fourth-order valence-electron chi connectivity index (χ4n) is 2.58. The van der Waals surface area contributed by atoms with Crippen LogP contribution in [-0.2, 0) is 18.1 Å². The number of rotatable bonds is 4. The minimum atomic E-state index is -1.13. The highest BCUT2D eigenvalue weighted by atomic mass is 17.0. The summed E-state index contributed by atoms with van der Waals surface area (Å²) in [6.45, 7) is 0.942. The van der Waals surface area contributed by atoms with Gasteiger partial charge >= 0.3 is 0 Å². The molecule has 0 aliphatic rings. The SMILES string of the molecule is CCn1c(=O)c2cc3c(=O)n(CO[N+](=O)[O-])c(=O)c3cc2c1=O. The van der Waals surface area contributed by atoms with E-state index in [1.54, 1.807) is 6.92 Å². The molecule has 2 heterocycles. The van der Waals surface area contributed by atoms with Crippen LogP contribution in [0, 0.1) is 10.1 Å². The van der Waals surface area contributed by atoms with Crippen molar-refractivity contribution in [1.82, 2.24) is 9.13 Å². The molecule has 2 aromatic heterocycles. The van der Waals surface area contributed by atoms with E-state index < -0.39 is 34.1 Å². The monoisotopic (exact) mass is 319 g/mol. The molecule has 0 aliphatic heterocycles. The maximum atomic E-state index is 12.2. The fourth-order valence-corrected chi connectivity index (χ4v) is 2.58. The van der Waals surface area contributed by atoms with E-state index in [1.165, 1.54) is 12.1 Å². The fraction of sp³-hybridized carbons (Fsp3) is 0.231. The minimum absolute atomic E-state index is 0.0359. The first-order valence-corrected chi connectivity index (χ1v) is 6.54. The molecular formula is C13H9N3O7. The largest absolute Gasteiger partial charge is 0.296 e. The molecule has 0 fully saturated rings. The van der Waals surface area contributed by atoms with Gasteiger partial charge in [-0.05, 0) is 19.1 Å². The quantitative estimate of drug-likeness (QED) is 0.449. The van der Waals surface area contributed by atoms with Crippen LogP contribution in [-0.4, -0.2) is 14.2 Å². The van der Waals surface area contributed by atoms with Crippen molar-refractivity contribution in [3.63, 3.8) is 0 Å². The van der Waals surface area contributed by atoms with E-state index in [0.29, 0.717) is 4.57 Å². The van der Waals surface area contributed by atoms with E-state index in [-0.39, 0.29) is 28.1 Å². The van der Waals surface area contributed by atoms with Crippen LogP contribution in [0.1, 0.15) is 6.92 Å². The second-order valence-corrected chi connectivity index (χ2v) is 4.82. The van der Waals surface area contributed by atoms with Gasteiger partial charge in [-0.3, -0.25) is 28.6 Å². The lowest BCUT2D eigenvalue weighted by molar-refractivity contribution is -0.767. The zero-order valence-electron chi connectivity index (χ0n) is 11.8. The maximum Gasteiger partial charge on any atom is 0.296 e. The first-order chi connectivity index (χ1) is 10.9. The lowest BCUT2D eigenvalue weighted by Crippen LogP contribution is -2.27. The van der Waals surface area contributed by atoms with Crippen molar-refractivity contribution in [3.05, 3.63) is 63.7 Å². The second kappa shape index (κ2) is 4.87.